The minimum absolute atomic E-state index is 0.119. The lowest BCUT2D eigenvalue weighted by atomic mass is 10.2. The summed E-state index contributed by atoms with van der Waals surface area (Å²) in [4.78, 5) is 32.8. The first kappa shape index (κ1) is 19.0. The number of aromatic nitrogens is 2. The van der Waals surface area contributed by atoms with Gasteiger partial charge in [-0.3, -0.25) is 9.69 Å². The van der Waals surface area contributed by atoms with Gasteiger partial charge in [-0.2, -0.15) is 0 Å². The zero-order chi connectivity index (χ0) is 18.9. The molecule has 0 aromatic carbocycles. The van der Waals surface area contributed by atoms with Crippen LogP contribution in [0.5, 0.6) is 0 Å². The number of fused-ring (bicyclic) bond motifs is 1. The van der Waals surface area contributed by atoms with Gasteiger partial charge in [-0.25, -0.2) is 9.78 Å². The Morgan fingerprint density at radius 2 is 1.92 bits per heavy atom. The second-order valence-corrected chi connectivity index (χ2v) is 7.45. The normalized spacial score (nSPS) is 14.5. The van der Waals surface area contributed by atoms with Crippen molar-refractivity contribution in [3.8, 4) is 0 Å². The molecular weight excluding hydrogens is 320 g/mol. The molecule has 0 spiro atoms. The topological polar surface area (TPSA) is 67.7 Å². The molecule has 0 aliphatic carbocycles. The highest BCUT2D eigenvalue weighted by Gasteiger charge is 2.33. The predicted octanol–water partition coefficient (Wildman–Crippen LogP) is 2.80. The van der Waals surface area contributed by atoms with Gasteiger partial charge in [0.2, 0.25) is 5.78 Å². The summed E-state index contributed by atoms with van der Waals surface area (Å²) in [6, 6.07) is 0. The van der Waals surface area contributed by atoms with Gasteiger partial charge >= 0.3 is 6.09 Å². The number of imidazole rings is 1. The summed E-state index contributed by atoms with van der Waals surface area (Å²) < 4.78 is 7.31. The highest BCUT2D eigenvalue weighted by atomic mass is 16.6. The fourth-order valence-corrected chi connectivity index (χ4v) is 2.62. The summed E-state index contributed by atoms with van der Waals surface area (Å²) in [5.41, 5.74) is 2.01. The molecule has 0 N–H and O–H groups in total. The third-order valence-corrected chi connectivity index (χ3v) is 4.07. The quantitative estimate of drug-likeness (QED) is 0.618. The molecule has 0 saturated heterocycles. The monoisotopic (exact) mass is 348 g/mol. The van der Waals surface area contributed by atoms with Crippen LogP contribution in [-0.2, 0) is 24.4 Å². The Bertz CT molecular complexity index is 711. The van der Waals surface area contributed by atoms with E-state index in [-0.39, 0.29) is 11.9 Å². The van der Waals surface area contributed by atoms with Crippen molar-refractivity contribution in [2.45, 2.75) is 59.9 Å². The van der Waals surface area contributed by atoms with Crippen molar-refractivity contribution < 1.29 is 14.3 Å². The molecule has 1 aliphatic heterocycles. The number of ketones is 1. The van der Waals surface area contributed by atoms with E-state index in [0.29, 0.717) is 25.5 Å². The lowest BCUT2D eigenvalue weighted by Crippen LogP contribution is -2.34. The van der Waals surface area contributed by atoms with Crippen molar-refractivity contribution in [2.75, 3.05) is 14.1 Å². The van der Waals surface area contributed by atoms with E-state index in [1.54, 1.807) is 11.0 Å². The second-order valence-electron chi connectivity index (χ2n) is 7.45. The summed E-state index contributed by atoms with van der Waals surface area (Å²) in [5.74, 6) is 0.309. The van der Waals surface area contributed by atoms with Crippen LogP contribution in [0, 0.1) is 0 Å². The summed E-state index contributed by atoms with van der Waals surface area (Å²) >= 11 is 0. The molecular formula is C18H28N4O3. The van der Waals surface area contributed by atoms with E-state index in [1.807, 2.05) is 58.2 Å². The molecule has 0 radical (unpaired) electrons. The number of ether oxygens (including phenoxy) is 1. The minimum atomic E-state index is -0.534. The van der Waals surface area contributed by atoms with Crippen molar-refractivity contribution in [1.29, 1.82) is 0 Å². The maximum absolute atomic E-state index is 12.6. The van der Waals surface area contributed by atoms with Crippen molar-refractivity contribution >= 4 is 11.9 Å². The van der Waals surface area contributed by atoms with Crippen LogP contribution in [0.2, 0.25) is 0 Å². The van der Waals surface area contributed by atoms with Crippen LogP contribution in [0.3, 0.4) is 0 Å². The Balaban J connectivity index is 2.22. The molecule has 0 fully saturated rings. The van der Waals surface area contributed by atoms with Crippen molar-refractivity contribution in [1.82, 2.24) is 19.4 Å². The molecule has 138 valence electrons. The number of carbonyl (C=O) groups excluding carboxylic acids is 2. The molecule has 0 saturated carbocycles. The number of nitrogens with zero attached hydrogens (tertiary/aromatic N) is 4. The summed E-state index contributed by atoms with van der Waals surface area (Å²) in [6.45, 7) is 10.8. The van der Waals surface area contributed by atoms with Gasteiger partial charge in [0.1, 0.15) is 5.60 Å². The number of hydrogen-bond acceptors (Lipinski definition) is 5. The molecule has 7 heteroatoms. The molecule has 2 heterocycles. The largest absolute Gasteiger partial charge is 0.444 e. The molecule has 1 aromatic heterocycles. The Morgan fingerprint density at radius 3 is 2.44 bits per heavy atom. The van der Waals surface area contributed by atoms with E-state index >= 15 is 0 Å². The van der Waals surface area contributed by atoms with Gasteiger partial charge in [0.25, 0.3) is 0 Å². The van der Waals surface area contributed by atoms with E-state index < -0.39 is 5.60 Å². The summed E-state index contributed by atoms with van der Waals surface area (Å²) in [7, 11) is 3.79. The lowest BCUT2D eigenvalue weighted by molar-refractivity contribution is 0.0237. The molecule has 1 amide bonds. The maximum Gasteiger partial charge on any atom is 0.410 e. The molecule has 1 aliphatic rings. The highest BCUT2D eigenvalue weighted by molar-refractivity contribution is 6.02. The number of rotatable bonds is 4. The van der Waals surface area contributed by atoms with Gasteiger partial charge in [0, 0.05) is 32.4 Å². The average Bonchev–Trinajstić information content (AvgIpc) is 3.02. The molecule has 25 heavy (non-hydrogen) atoms. The van der Waals surface area contributed by atoms with Gasteiger partial charge in [0.05, 0.1) is 24.5 Å². The van der Waals surface area contributed by atoms with Crippen LogP contribution < -0.4 is 0 Å². The van der Waals surface area contributed by atoms with Crippen LogP contribution in [0.1, 0.15) is 56.6 Å². The van der Waals surface area contributed by atoms with E-state index in [1.165, 1.54) is 0 Å². The first-order valence-electron chi connectivity index (χ1n) is 8.49. The van der Waals surface area contributed by atoms with E-state index in [0.717, 1.165) is 17.1 Å². The fraction of sp³-hybridized carbons (Fsp3) is 0.611. The van der Waals surface area contributed by atoms with Gasteiger partial charge < -0.3 is 14.2 Å². The number of carbonyl (C=O) groups is 2. The standard InChI is InChI=1S/C18H28N4O3/c1-8-22-14-11-21(17(24)25-18(3,4)5)10-13(14)19-16(22)15(23)9-12(2)20(6)7/h9H,8,10-11H2,1-7H3. The minimum Gasteiger partial charge on any atom is -0.444 e. The summed E-state index contributed by atoms with van der Waals surface area (Å²) in [6.07, 6.45) is 1.24. The van der Waals surface area contributed by atoms with Crippen LogP contribution in [-0.4, -0.2) is 50.9 Å². The van der Waals surface area contributed by atoms with Gasteiger partial charge in [-0.05, 0) is 34.6 Å². The van der Waals surface area contributed by atoms with Crippen LogP contribution >= 0.6 is 0 Å². The number of hydrogen-bond donors (Lipinski definition) is 0. The molecule has 7 nitrogen and oxygen atoms in total. The van der Waals surface area contributed by atoms with Crippen LogP contribution in [0.4, 0.5) is 4.79 Å². The highest BCUT2D eigenvalue weighted by Crippen LogP contribution is 2.26. The van der Waals surface area contributed by atoms with Gasteiger partial charge in [-0.1, -0.05) is 0 Å². The molecule has 0 unspecified atom stereocenters. The Labute approximate surface area is 149 Å². The van der Waals surface area contributed by atoms with Gasteiger partial charge in [0.15, 0.2) is 5.82 Å². The third-order valence-electron chi connectivity index (χ3n) is 4.07. The zero-order valence-electron chi connectivity index (χ0n) is 16.2. The molecule has 0 bridgehead atoms. The van der Waals surface area contributed by atoms with Crippen LogP contribution in [0.15, 0.2) is 11.8 Å². The van der Waals surface area contributed by atoms with Crippen molar-refractivity contribution in [3.05, 3.63) is 29.0 Å². The number of amides is 1. The molecule has 1 aromatic rings. The Hall–Kier alpha value is -2.31. The first-order chi connectivity index (χ1) is 11.5. The van der Waals surface area contributed by atoms with Crippen molar-refractivity contribution in [2.24, 2.45) is 0 Å². The van der Waals surface area contributed by atoms with Crippen molar-refractivity contribution in [3.63, 3.8) is 0 Å². The lowest BCUT2D eigenvalue weighted by Gasteiger charge is -2.24. The molecule has 0 atom stereocenters. The van der Waals surface area contributed by atoms with E-state index in [2.05, 4.69) is 4.98 Å². The van der Waals surface area contributed by atoms with Gasteiger partial charge in [-0.15, -0.1) is 0 Å². The first-order valence-corrected chi connectivity index (χ1v) is 8.49. The molecule has 2 rings (SSSR count). The second kappa shape index (κ2) is 6.90. The Kier molecular flexibility index (Phi) is 5.25. The van der Waals surface area contributed by atoms with E-state index in [9.17, 15) is 9.59 Å². The average molecular weight is 348 g/mol. The fourth-order valence-electron chi connectivity index (χ4n) is 2.62. The summed E-state index contributed by atoms with van der Waals surface area (Å²) in [5, 5.41) is 0. The van der Waals surface area contributed by atoms with Crippen LogP contribution in [0.25, 0.3) is 0 Å². The SMILES string of the molecule is CCn1c(C(=O)C=C(C)N(C)C)nc2c1CN(C(=O)OC(C)(C)C)C2. The Morgan fingerprint density at radius 1 is 1.28 bits per heavy atom. The van der Waals surface area contributed by atoms with E-state index in [4.69, 9.17) is 4.74 Å². The third kappa shape index (κ3) is 4.21. The number of allylic oxidation sites excluding steroid dienone is 2. The smallest absolute Gasteiger partial charge is 0.410 e. The maximum atomic E-state index is 12.6. The zero-order valence-corrected chi connectivity index (χ0v) is 16.2. The predicted molar refractivity (Wildman–Crippen MR) is 95.2 cm³/mol.